The Hall–Kier alpha value is -2.10. The number of hydrogen-bond acceptors (Lipinski definition) is 4. The molecule has 10 heteroatoms. The smallest absolute Gasteiger partial charge is 0.363 e. The Morgan fingerprint density at radius 3 is 2.46 bits per heavy atom. The van der Waals surface area contributed by atoms with Gasteiger partial charge in [0.2, 0.25) is 0 Å². The highest BCUT2D eigenvalue weighted by Crippen LogP contribution is 2.48. The maximum Gasteiger partial charge on any atom is 0.437 e. The molecule has 2 heterocycles. The summed E-state index contributed by atoms with van der Waals surface area (Å²) in [5.41, 5.74) is -3.44. The van der Waals surface area contributed by atoms with Crippen LogP contribution >= 0.6 is 22.9 Å². The second-order valence-electron chi connectivity index (χ2n) is 6.27. The van der Waals surface area contributed by atoms with Crippen molar-refractivity contribution in [2.24, 2.45) is 5.92 Å². The van der Waals surface area contributed by atoms with Crippen molar-refractivity contribution < 1.29 is 27.9 Å². The van der Waals surface area contributed by atoms with Crippen LogP contribution in [0.2, 0.25) is 5.02 Å². The van der Waals surface area contributed by atoms with Crippen LogP contribution in [0.15, 0.2) is 41.8 Å². The molecule has 1 aliphatic rings. The van der Waals surface area contributed by atoms with Gasteiger partial charge in [-0.25, -0.2) is 4.79 Å². The molecular formula is C18H16ClF3N2O3S. The molecule has 0 radical (unpaired) electrons. The van der Waals surface area contributed by atoms with Gasteiger partial charge in [-0.05, 0) is 36.1 Å². The SMILES string of the molecule is CCN1C(=O)NC(c2ccc(Cl)cc2)C(C(=O)c2cccs2)C1(O)C(F)(F)F. The van der Waals surface area contributed by atoms with E-state index in [1.54, 1.807) is 5.38 Å². The highest BCUT2D eigenvalue weighted by Gasteiger charge is 2.69. The number of halogens is 4. The molecule has 3 rings (SSSR count). The van der Waals surface area contributed by atoms with Crippen LogP contribution in [0.4, 0.5) is 18.0 Å². The first kappa shape index (κ1) is 20.6. The predicted molar refractivity (Wildman–Crippen MR) is 98.2 cm³/mol. The van der Waals surface area contributed by atoms with Gasteiger partial charge in [0, 0.05) is 11.6 Å². The molecule has 1 aromatic heterocycles. The molecule has 2 aromatic rings. The molecule has 0 saturated carbocycles. The molecule has 1 aliphatic heterocycles. The molecule has 3 atom stereocenters. The van der Waals surface area contributed by atoms with Crippen LogP contribution in [0.1, 0.15) is 28.2 Å². The number of nitrogens with zero attached hydrogens (tertiary/aromatic N) is 1. The van der Waals surface area contributed by atoms with Crippen molar-refractivity contribution in [2.75, 3.05) is 6.54 Å². The van der Waals surface area contributed by atoms with Crippen molar-refractivity contribution in [1.82, 2.24) is 10.2 Å². The number of thiophene rings is 1. The van der Waals surface area contributed by atoms with Gasteiger partial charge in [-0.3, -0.25) is 9.69 Å². The number of Topliss-reactive ketones (excluding diaryl/α,β-unsaturated/α-hetero) is 1. The Bertz CT molecular complexity index is 873. The van der Waals surface area contributed by atoms with Crippen molar-refractivity contribution in [1.29, 1.82) is 0 Å². The number of urea groups is 1. The van der Waals surface area contributed by atoms with E-state index in [1.165, 1.54) is 43.3 Å². The molecule has 5 nitrogen and oxygen atoms in total. The molecular weight excluding hydrogens is 417 g/mol. The zero-order valence-electron chi connectivity index (χ0n) is 14.5. The van der Waals surface area contributed by atoms with Crippen molar-refractivity contribution >= 4 is 34.8 Å². The maximum atomic E-state index is 14.1. The molecule has 1 saturated heterocycles. The number of amides is 2. The fourth-order valence-electron chi connectivity index (χ4n) is 3.42. The fraction of sp³-hybridized carbons (Fsp3) is 0.333. The first-order chi connectivity index (χ1) is 13.1. The summed E-state index contributed by atoms with van der Waals surface area (Å²) in [4.78, 5) is 25.8. The lowest BCUT2D eigenvalue weighted by molar-refractivity contribution is -0.326. The van der Waals surface area contributed by atoms with Crippen LogP contribution in [0.3, 0.4) is 0 Å². The van der Waals surface area contributed by atoms with Crippen molar-refractivity contribution in [3.05, 3.63) is 57.2 Å². The van der Waals surface area contributed by atoms with Crippen molar-refractivity contribution in [3.63, 3.8) is 0 Å². The summed E-state index contributed by atoms with van der Waals surface area (Å²) < 4.78 is 42.3. The lowest BCUT2D eigenvalue weighted by Gasteiger charge is -2.50. The van der Waals surface area contributed by atoms with Crippen LogP contribution in [0.25, 0.3) is 0 Å². The molecule has 28 heavy (non-hydrogen) atoms. The highest BCUT2D eigenvalue weighted by molar-refractivity contribution is 7.12. The average Bonchev–Trinajstić information content (AvgIpc) is 3.15. The number of ketones is 1. The third-order valence-electron chi connectivity index (χ3n) is 4.71. The van der Waals surface area contributed by atoms with Gasteiger partial charge in [0.15, 0.2) is 5.78 Å². The van der Waals surface area contributed by atoms with Crippen molar-refractivity contribution in [3.8, 4) is 0 Å². The standard InChI is InChI=1S/C18H16ClF3N2O3S/c1-2-24-16(26)23-14(10-5-7-11(19)8-6-10)13(17(24,27)18(20,21)22)15(25)12-4-3-9-28-12/h3-9,13-14,27H,2H2,1H3,(H,23,26). The average molecular weight is 433 g/mol. The zero-order valence-corrected chi connectivity index (χ0v) is 16.1. The van der Waals surface area contributed by atoms with Gasteiger partial charge in [-0.15, -0.1) is 11.3 Å². The summed E-state index contributed by atoms with van der Waals surface area (Å²) in [6, 6.07) is 6.12. The van der Waals surface area contributed by atoms with Crippen LogP contribution in [0.5, 0.6) is 0 Å². The summed E-state index contributed by atoms with van der Waals surface area (Å²) >= 11 is 6.81. The predicted octanol–water partition coefficient (Wildman–Crippen LogP) is 4.24. The number of nitrogens with one attached hydrogen (secondary N) is 1. The van der Waals surface area contributed by atoms with E-state index in [4.69, 9.17) is 11.6 Å². The molecule has 0 aliphatic carbocycles. The van der Waals surface area contributed by atoms with E-state index >= 15 is 0 Å². The second kappa shape index (κ2) is 7.38. The molecule has 0 bridgehead atoms. The lowest BCUT2D eigenvalue weighted by Crippen LogP contribution is -2.73. The number of rotatable bonds is 4. The zero-order chi connectivity index (χ0) is 20.7. The summed E-state index contributed by atoms with van der Waals surface area (Å²) in [5.74, 6) is -2.92. The van der Waals surface area contributed by atoms with E-state index < -0.39 is 42.2 Å². The van der Waals surface area contributed by atoms with E-state index in [9.17, 15) is 27.9 Å². The number of aliphatic hydroxyl groups is 1. The van der Waals surface area contributed by atoms with Gasteiger partial charge in [-0.1, -0.05) is 29.8 Å². The molecule has 1 fully saturated rings. The number of carbonyl (C=O) groups is 2. The Morgan fingerprint density at radius 1 is 1.32 bits per heavy atom. The Labute approximate surface area is 167 Å². The van der Waals surface area contributed by atoms with Gasteiger partial charge in [0.05, 0.1) is 10.9 Å². The largest absolute Gasteiger partial charge is 0.437 e. The number of carbonyl (C=O) groups excluding carboxylic acids is 2. The minimum absolute atomic E-state index is 0.0545. The Balaban J connectivity index is 2.21. The monoisotopic (exact) mass is 432 g/mol. The quantitative estimate of drug-likeness (QED) is 0.710. The number of hydrogen-bond donors (Lipinski definition) is 2. The van der Waals surface area contributed by atoms with Crippen LogP contribution in [0, 0.1) is 5.92 Å². The van der Waals surface area contributed by atoms with E-state index in [-0.39, 0.29) is 15.3 Å². The Kier molecular flexibility index (Phi) is 5.44. The maximum absolute atomic E-state index is 14.1. The third-order valence-corrected chi connectivity index (χ3v) is 5.85. The molecule has 3 unspecified atom stereocenters. The topological polar surface area (TPSA) is 69.6 Å². The lowest BCUT2D eigenvalue weighted by atomic mass is 9.77. The van der Waals surface area contributed by atoms with Crippen molar-refractivity contribution in [2.45, 2.75) is 24.9 Å². The first-order valence-corrected chi connectivity index (χ1v) is 9.57. The van der Waals surface area contributed by atoms with Gasteiger partial charge in [0.1, 0.15) is 5.92 Å². The molecule has 2 amide bonds. The van der Waals surface area contributed by atoms with Crippen LogP contribution in [-0.4, -0.2) is 40.3 Å². The molecule has 0 spiro atoms. The number of benzene rings is 1. The minimum Gasteiger partial charge on any atom is -0.363 e. The fourth-order valence-corrected chi connectivity index (χ4v) is 4.25. The van der Waals surface area contributed by atoms with E-state index in [0.29, 0.717) is 5.02 Å². The normalized spacial score (nSPS) is 25.5. The van der Waals surface area contributed by atoms with E-state index in [1.807, 2.05) is 0 Å². The molecule has 1 aromatic carbocycles. The molecule has 2 N–H and O–H groups in total. The van der Waals surface area contributed by atoms with E-state index in [2.05, 4.69) is 5.32 Å². The highest BCUT2D eigenvalue weighted by atomic mass is 35.5. The van der Waals surface area contributed by atoms with Gasteiger partial charge >= 0.3 is 12.2 Å². The summed E-state index contributed by atoms with van der Waals surface area (Å²) in [7, 11) is 0. The van der Waals surface area contributed by atoms with Crippen LogP contribution < -0.4 is 5.32 Å². The minimum atomic E-state index is -5.26. The van der Waals surface area contributed by atoms with Gasteiger partial charge in [-0.2, -0.15) is 13.2 Å². The second-order valence-corrected chi connectivity index (χ2v) is 7.65. The summed E-state index contributed by atoms with van der Waals surface area (Å²) in [6.07, 6.45) is -5.26. The number of alkyl halides is 3. The molecule has 150 valence electrons. The first-order valence-electron chi connectivity index (χ1n) is 8.31. The van der Waals surface area contributed by atoms with Crippen LogP contribution in [-0.2, 0) is 0 Å². The van der Waals surface area contributed by atoms with E-state index in [0.717, 1.165) is 11.3 Å². The van der Waals surface area contributed by atoms with Gasteiger partial charge < -0.3 is 10.4 Å². The third kappa shape index (κ3) is 3.27. The van der Waals surface area contributed by atoms with Gasteiger partial charge in [0.25, 0.3) is 5.72 Å². The Morgan fingerprint density at radius 2 is 1.96 bits per heavy atom. The summed E-state index contributed by atoms with van der Waals surface area (Å²) in [6.45, 7) is 0.856. The summed E-state index contributed by atoms with van der Waals surface area (Å²) in [5, 5.41) is 15.2.